The monoisotopic (exact) mass is 815 g/mol. The first-order valence-electron chi connectivity index (χ1n) is 21.7. The summed E-state index contributed by atoms with van der Waals surface area (Å²) in [5.41, 5.74) is 12.0. The summed E-state index contributed by atoms with van der Waals surface area (Å²) in [6, 6.07) is 79.8. The number of fused-ring (bicyclic) bond motifs is 9. The number of rotatable bonds is 6. The van der Waals surface area contributed by atoms with Gasteiger partial charge in [0.2, 0.25) is 0 Å². The Labute approximate surface area is 368 Å². The molecule has 5 nitrogen and oxygen atoms in total. The van der Waals surface area contributed by atoms with Gasteiger partial charge in [-0.1, -0.05) is 176 Å². The average molecular weight is 816 g/mol. The van der Waals surface area contributed by atoms with E-state index in [4.69, 9.17) is 15.0 Å². The second kappa shape index (κ2) is 14.5. The van der Waals surface area contributed by atoms with E-state index in [-0.39, 0.29) is 0 Å². The normalized spacial score (nSPS) is 11.8. The molecule has 0 saturated carbocycles. The van der Waals surface area contributed by atoms with Gasteiger partial charge >= 0.3 is 0 Å². The van der Waals surface area contributed by atoms with Gasteiger partial charge in [0.15, 0.2) is 17.5 Å². The van der Waals surface area contributed by atoms with E-state index in [0.29, 0.717) is 17.5 Å². The third-order valence-corrected chi connectivity index (χ3v) is 12.8. The Bertz CT molecular complexity index is 3930. The van der Waals surface area contributed by atoms with Crippen LogP contribution in [0.15, 0.2) is 224 Å². The fourth-order valence-corrected chi connectivity index (χ4v) is 9.82. The van der Waals surface area contributed by atoms with E-state index in [1.807, 2.05) is 24.3 Å². The van der Waals surface area contributed by atoms with Crippen LogP contribution in [0.5, 0.6) is 0 Å². The summed E-state index contributed by atoms with van der Waals surface area (Å²) in [5, 5.41) is 9.58. The van der Waals surface area contributed by atoms with Gasteiger partial charge in [0.1, 0.15) is 0 Å². The minimum atomic E-state index is 0.627. The Kier molecular flexibility index (Phi) is 8.15. The molecule has 13 rings (SSSR count). The highest BCUT2D eigenvalue weighted by atomic mass is 15.0. The van der Waals surface area contributed by atoms with Crippen LogP contribution in [0.3, 0.4) is 0 Å². The maximum absolute atomic E-state index is 5.23. The molecule has 0 spiro atoms. The molecule has 5 heteroatoms. The highest BCUT2D eigenvalue weighted by Crippen LogP contribution is 2.43. The van der Waals surface area contributed by atoms with Crippen LogP contribution in [0.1, 0.15) is 0 Å². The highest BCUT2D eigenvalue weighted by molar-refractivity contribution is 6.25. The first-order chi connectivity index (χ1) is 31.7. The van der Waals surface area contributed by atoms with E-state index < -0.39 is 0 Å². The van der Waals surface area contributed by atoms with Crippen molar-refractivity contribution in [2.24, 2.45) is 0 Å². The van der Waals surface area contributed by atoms with Crippen molar-refractivity contribution in [1.82, 2.24) is 24.1 Å². The van der Waals surface area contributed by atoms with Crippen LogP contribution < -0.4 is 0 Å². The Hall–Kier alpha value is -8.67. The molecule has 0 radical (unpaired) electrons. The zero-order chi connectivity index (χ0) is 42.1. The van der Waals surface area contributed by atoms with Crippen molar-refractivity contribution in [1.29, 1.82) is 0 Å². The van der Waals surface area contributed by atoms with Crippen LogP contribution in [-0.4, -0.2) is 24.1 Å². The number of para-hydroxylation sites is 2. The lowest BCUT2D eigenvalue weighted by Crippen LogP contribution is -2.02. The summed E-state index contributed by atoms with van der Waals surface area (Å²) < 4.78 is 4.88. The summed E-state index contributed by atoms with van der Waals surface area (Å²) >= 11 is 0. The number of nitrogens with zero attached hydrogens (tertiary/aromatic N) is 5. The van der Waals surface area contributed by atoms with Crippen LogP contribution in [0.4, 0.5) is 0 Å². The number of aromatic nitrogens is 5. The van der Waals surface area contributed by atoms with Gasteiger partial charge in [-0.2, -0.15) is 0 Å². The second-order valence-electron chi connectivity index (χ2n) is 16.4. The molecule has 0 aliphatic heterocycles. The molecule has 0 amide bonds. The predicted molar refractivity (Wildman–Crippen MR) is 265 cm³/mol. The maximum Gasteiger partial charge on any atom is 0.164 e. The van der Waals surface area contributed by atoms with Crippen molar-refractivity contribution in [2.45, 2.75) is 0 Å². The molecule has 0 aliphatic rings. The lowest BCUT2D eigenvalue weighted by Gasteiger charge is -2.15. The molecule has 0 unspecified atom stereocenters. The molecular weight excluding hydrogens is 779 g/mol. The molecule has 3 aromatic heterocycles. The van der Waals surface area contributed by atoms with Gasteiger partial charge in [0.25, 0.3) is 0 Å². The van der Waals surface area contributed by atoms with Gasteiger partial charge in [-0.05, 0) is 75.8 Å². The first-order valence-corrected chi connectivity index (χ1v) is 21.7. The van der Waals surface area contributed by atoms with Gasteiger partial charge in [-0.15, -0.1) is 0 Å². The highest BCUT2D eigenvalue weighted by Gasteiger charge is 2.22. The Balaban J connectivity index is 1.04. The van der Waals surface area contributed by atoms with E-state index >= 15 is 0 Å². The van der Waals surface area contributed by atoms with E-state index in [2.05, 4.69) is 209 Å². The number of hydrogen-bond donors (Lipinski definition) is 0. The maximum atomic E-state index is 5.23. The van der Waals surface area contributed by atoms with Crippen LogP contribution in [0.2, 0.25) is 0 Å². The molecule has 10 aromatic carbocycles. The van der Waals surface area contributed by atoms with E-state index in [9.17, 15) is 0 Å². The number of hydrogen-bond acceptors (Lipinski definition) is 3. The first kappa shape index (κ1) is 36.0. The molecular formula is C59H37N5. The topological polar surface area (TPSA) is 48.5 Å². The van der Waals surface area contributed by atoms with E-state index in [0.717, 1.165) is 61.0 Å². The standard InChI is InChI=1S/C59H37N5/c1-4-16-38(17-5-1)39-28-30-42(31-29-39)58-60-57(41-19-6-2-7-20-41)61-59(62-58)48-33-35-52(46-25-13-12-24-45(46)48)64-51-27-15-14-26-47(51)49-36-50-55(37-54(49)64)63(43-21-8-3-9-22-43)53-34-32-40-18-10-11-23-44(40)56(50)53/h1-37H. The molecule has 0 fully saturated rings. The van der Waals surface area contributed by atoms with Crippen molar-refractivity contribution in [2.75, 3.05) is 0 Å². The molecule has 13 aromatic rings. The molecule has 0 bridgehead atoms. The smallest absolute Gasteiger partial charge is 0.164 e. The second-order valence-corrected chi connectivity index (χ2v) is 16.4. The molecule has 0 N–H and O–H groups in total. The summed E-state index contributed by atoms with van der Waals surface area (Å²) in [6.45, 7) is 0. The van der Waals surface area contributed by atoms with Crippen molar-refractivity contribution >= 4 is 65.2 Å². The van der Waals surface area contributed by atoms with Gasteiger partial charge in [-0.3, -0.25) is 0 Å². The van der Waals surface area contributed by atoms with Crippen LogP contribution in [0, 0.1) is 0 Å². The summed E-state index contributed by atoms with van der Waals surface area (Å²) in [7, 11) is 0. The van der Waals surface area contributed by atoms with Crippen molar-refractivity contribution in [3.05, 3.63) is 224 Å². The van der Waals surface area contributed by atoms with Crippen molar-refractivity contribution < 1.29 is 0 Å². The number of benzene rings is 10. The fraction of sp³-hybridized carbons (Fsp3) is 0. The van der Waals surface area contributed by atoms with Gasteiger partial charge in [0, 0.05) is 49.3 Å². The molecule has 3 heterocycles. The summed E-state index contributed by atoms with van der Waals surface area (Å²) in [5.74, 6) is 1.89. The van der Waals surface area contributed by atoms with Crippen LogP contribution >= 0.6 is 0 Å². The zero-order valence-electron chi connectivity index (χ0n) is 34.6. The average Bonchev–Trinajstić information content (AvgIpc) is 3.88. The van der Waals surface area contributed by atoms with Crippen molar-refractivity contribution in [3.63, 3.8) is 0 Å². The van der Waals surface area contributed by atoms with Crippen LogP contribution in [-0.2, 0) is 0 Å². The SMILES string of the molecule is c1ccc(-c2ccc(-c3nc(-c4ccccc4)nc(-c4ccc(-n5c6ccccc6c6cc7c8c9ccccc9ccc8n(-c8ccccc8)c7cc65)c5ccccc45)n3)cc2)cc1. The lowest BCUT2D eigenvalue weighted by atomic mass is 10.0. The van der Waals surface area contributed by atoms with Crippen LogP contribution in [0.25, 0.3) is 122 Å². The van der Waals surface area contributed by atoms with Gasteiger partial charge in [-0.25, -0.2) is 15.0 Å². The van der Waals surface area contributed by atoms with Crippen molar-refractivity contribution in [3.8, 4) is 56.7 Å². The van der Waals surface area contributed by atoms with E-state index in [1.165, 1.54) is 43.4 Å². The predicted octanol–water partition coefficient (Wildman–Crippen LogP) is 15.0. The summed E-state index contributed by atoms with van der Waals surface area (Å²) in [6.07, 6.45) is 0. The molecule has 64 heavy (non-hydrogen) atoms. The molecule has 298 valence electrons. The zero-order valence-corrected chi connectivity index (χ0v) is 34.6. The Morgan fingerprint density at radius 1 is 0.281 bits per heavy atom. The minimum absolute atomic E-state index is 0.627. The third-order valence-electron chi connectivity index (χ3n) is 12.8. The van der Waals surface area contributed by atoms with E-state index in [1.54, 1.807) is 0 Å². The minimum Gasteiger partial charge on any atom is -0.309 e. The lowest BCUT2D eigenvalue weighted by molar-refractivity contribution is 1.08. The van der Waals surface area contributed by atoms with Gasteiger partial charge in [0.05, 0.1) is 27.8 Å². The fourth-order valence-electron chi connectivity index (χ4n) is 9.82. The molecule has 0 atom stereocenters. The Morgan fingerprint density at radius 2 is 0.828 bits per heavy atom. The van der Waals surface area contributed by atoms with Gasteiger partial charge < -0.3 is 9.13 Å². The Morgan fingerprint density at radius 3 is 1.58 bits per heavy atom. The molecule has 0 saturated heterocycles. The third kappa shape index (κ3) is 5.68. The quantitative estimate of drug-likeness (QED) is 0.168. The summed E-state index contributed by atoms with van der Waals surface area (Å²) in [4.78, 5) is 15.5. The largest absolute Gasteiger partial charge is 0.309 e. The molecule has 0 aliphatic carbocycles.